The van der Waals surface area contributed by atoms with Gasteiger partial charge in [0.25, 0.3) is 0 Å². The van der Waals surface area contributed by atoms with E-state index in [4.69, 9.17) is 5.73 Å². The van der Waals surface area contributed by atoms with Gasteiger partial charge in [0.05, 0.1) is 0 Å². The second kappa shape index (κ2) is 6.03. The Labute approximate surface area is 94.3 Å². The Hall–Kier alpha value is -0.670. The fourth-order valence-corrected chi connectivity index (χ4v) is 2.91. The van der Waals surface area contributed by atoms with Crippen molar-refractivity contribution in [2.45, 2.75) is 19.9 Å². The summed E-state index contributed by atoms with van der Waals surface area (Å²) in [7, 11) is -0.806. The summed E-state index contributed by atoms with van der Waals surface area (Å²) in [6.07, 6.45) is 0. The first-order valence-corrected chi connectivity index (χ1v) is 6.74. The van der Waals surface area contributed by atoms with Crippen LogP contribution in [0.1, 0.15) is 25.5 Å². The maximum atomic E-state index is 11.7. The summed E-state index contributed by atoms with van der Waals surface area (Å²) in [5.41, 5.74) is 7.04. The molecule has 0 aliphatic heterocycles. The number of benzene rings is 1. The lowest BCUT2D eigenvalue weighted by Gasteiger charge is -2.12. The molecule has 0 fully saturated rings. The summed E-state index contributed by atoms with van der Waals surface area (Å²) in [6.45, 7) is 4.15. The monoisotopic (exact) mass is 225 g/mol. The van der Waals surface area contributed by atoms with E-state index >= 15 is 0 Å². The zero-order valence-electron chi connectivity index (χ0n) is 9.35. The zero-order valence-corrected chi connectivity index (χ0v) is 10.2. The minimum absolute atomic E-state index is 0.106. The van der Waals surface area contributed by atoms with Crippen molar-refractivity contribution in [1.29, 1.82) is 0 Å². The summed E-state index contributed by atoms with van der Waals surface area (Å²) in [5, 5.41) is 0. The molecule has 84 valence electrons. The van der Waals surface area contributed by atoms with Gasteiger partial charge in [-0.1, -0.05) is 44.2 Å². The van der Waals surface area contributed by atoms with Gasteiger partial charge in [-0.15, -0.1) is 0 Å². The van der Waals surface area contributed by atoms with E-state index < -0.39 is 10.8 Å². The molecule has 2 unspecified atom stereocenters. The van der Waals surface area contributed by atoms with Crippen molar-refractivity contribution >= 4 is 10.8 Å². The van der Waals surface area contributed by atoms with Crippen LogP contribution in [0.3, 0.4) is 0 Å². The van der Waals surface area contributed by atoms with Crippen LogP contribution in [-0.2, 0) is 10.8 Å². The van der Waals surface area contributed by atoms with Gasteiger partial charge >= 0.3 is 0 Å². The molecule has 0 heterocycles. The zero-order chi connectivity index (χ0) is 11.3. The van der Waals surface area contributed by atoms with E-state index in [1.807, 2.05) is 30.3 Å². The molecule has 2 N–H and O–H groups in total. The second-order valence-corrected chi connectivity index (χ2v) is 5.73. The molecule has 0 aliphatic rings. The molecular weight excluding hydrogens is 206 g/mol. The third-order valence-electron chi connectivity index (χ3n) is 2.11. The lowest BCUT2D eigenvalue weighted by atomic mass is 10.1. The molecule has 2 atom stereocenters. The van der Waals surface area contributed by atoms with Gasteiger partial charge in [0, 0.05) is 28.3 Å². The fourth-order valence-electron chi connectivity index (χ4n) is 1.44. The van der Waals surface area contributed by atoms with Crippen molar-refractivity contribution in [3.63, 3.8) is 0 Å². The Balaban J connectivity index is 2.49. The van der Waals surface area contributed by atoms with E-state index in [2.05, 4.69) is 13.8 Å². The van der Waals surface area contributed by atoms with Gasteiger partial charge in [0.2, 0.25) is 0 Å². The van der Waals surface area contributed by atoms with Crippen molar-refractivity contribution in [3.8, 4) is 0 Å². The highest BCUT2D eigenvalue weighted by atomic mass is 32.2. The van der Waals surface area contributed by atoms with Crippen molar-refractivity contribution in [3.05, 3.63) is 35.9 Å². The summed E-state index contributed by atoms with van der Waals surface area (Å²) >= 11 is 0. The number of nitrogens with two attached hydrogens (primary N) is 1. The molecule has 0 amide bonds. The van der Waals surface area contributed by atoms with Crippen LogP contribution in [0, 0.1) is 5.92 Å². The second-order valence-electron chi connectivity index (χ2n) is 4.18. The molecule has 0 saturated carbocycles. The molecule has 0 bridgehead atoms. The first kappa shape index (κ1) is 12.4. The van der Waals surface area contributed by atoms with E-state index in [9.17, 15) is 4.21 Å². The first-order chi connectivity index (χ1) is 7.09. The van der Waals surface area contributed by atoms with Crippen molar-refractivity contribution in [2.24, 2.45) is 11.7 Å². The molecular formula is C12H19NOS. The lowest BCUT2D eigenvalue weighted by molar-refractivity contribution is 0.657. The Bertz CT molecular complexity index is 311. The first-order valence-electron chi connectivity index (χ1n) is 5.25. The highest BCUT2D eigenvalue weighted by Gasteiger charge is 2.10. The summed E-state index contributed by atoms with van der Waals surface area (Å²) in [4.78, 5) is 0. The molecule has 0 radical (unpaired) electrons. The number of hydrogen-bond donors (Lipinski definition) is 1. The maximum Gasteiger partial charge on any atom is 0.0428 e. The minimum Gasteiger partial charge on any atom is -0.323 e. The Morgan fingerprint density at radius 3 is 2.33 bits per heavy atom. The van der Waals surface area contributed by atoms with Crippen molar-refractivity contribution in [1.82, 2.24) is 0 Å². The molecule has 0 aromatic heterocycles. The molecule has 0 aliphatic carbocycles. The quantitative estimate of drug-likeness (QED) is 0.834. The van der Waals surface area contributed by atoms with Crippen LogP contribution in [0.4, 0.5) is 0 Å². The lowest BCUT2D eigenvalue weighted by Crippen LogP contribution is -2.20. The smallest absolute Gasteiger partial charge is 0.0428 e. The molecule has 2 nitrogen and oxygen atoms in total. The van der Waals surface area contributed by atoms with Crippen LogP contribution < -0.4 is 5.73 Å². The van der Waals surface area contributed by atoms with Crippen LogP contribution >= 0.6 is 0 Å². The van der Waals surface area contributed by atoms with Gasteiger partial charge < -0.3 is 5.73 Å². The molecule has 1 aromatic carbocycles. The van der Waals surface area contributed by atoms with E-state index in [-0.39, 0.29) is 6.04 Å². The highest BCUT2D eigenvalue weighted by Crippen LogP contribution is 2.11. The standard InChI is InChI=1S/C12H19NOS/c1-10(2)8-15(14)9-12(13)11-6-4-3-5-7-11/h3-7,10,12H,8-9,13H2,1-2H3. The van der Waals surface area contributed by atoms with Crippen LogP contribution in [0.15, 0.2) is 30.3 Å². The predicted octanol–water partition coefficient (Wildman–Crippen LogP) is 2.09. The van der Waals surface area contributed by atoms with Gasteiger partial charge in [0.15, 0.2) is 0 Å². The van der Waals surface area contributed by atoms with Gasteiger partial charge in [-0.05, 0) is 11.5 Å². The Kier molecular flexibility index (Phi) is 4.99. The van der Waals surface area contributed by atoms with Gasteiger partial charge in [-0.25, -0.2) is 0 Å². The SMILES string of the molecule is CC(C)CS(=O)CC(N)c1ccccc1. The normalized spacial score (nSPS) is 15.2. The highest BCUT2D eigenvalue weighted by molar-refractivity contribution is 7.85. The summed E-state index contributed by atoms with van der Waals surface area (Å²) < 4.78 is 11.7. The largest absolute Gasteiger partial charge is 0.323 e. The molecule has 0 spiro atoms. The summed E-state index contributed by atoms with van der Waals surface area (Å²) in [6, 6.07) is 9.74. The van der Waals surface area contributed by atoms with Gasteiger partial charge in [-0.2, -0.15) is 0 Å². The Morgan fingerprint density at radius 1 is 1.20 bits per heavy atom. The van der Waals surface area contributed by atoms with Gasteiger partial charge in [0.1, 0.15) is 0 Å². The minimum atomic E-state index is -0.806. The average Bonchev–Trinajstić information content (AvgIpc) is 2.17. The Morgan fingerprint density at radius 2 is 1.80 bits per heavy atom. The van der Waals surface area contributed by atoms with Crippen LogP contribution in [0.5, 0.6) is 0 Å². The van der Waals surface area contributed by atoms with Crippen molar-refractivity contribution in [2.75, 3.05) is 11.5 Å². The molecule has 3 heteroatoms. The summed E-state index contributed by atoms with van der Waals surface area (Å²) in [5.74, 6) is 1.76. The van der Waals surface area contributed by atoms with Gasteiger partial charge in [-0.3, -0.25) is 4.21 Å². The van der Waals surface area contributed by atoms with E-state index in [0.29, 0.717) is 11.7 Å². The topological polar surface area (TPSA) is 43.1 Å². The molecule has 15 heavy (non-hydrogen) atoms. The van der Waals surface area contributed by atoms with Crippen LogP contribution in [-0.4, -0.2) is 15.7 Å². The molecule has 0 saturated heterocycles. The fraction of sp³-hybridized carbons (Fsp3) is 0.500. The average molecular weight is 225 g/mol. The number of hydrogen-bond acceptors (Lipinski definition) is 2. The maximum absolute atomic E-state index is 11.7. The van der Waals surface area contributed by atoms with E-state index in [1.165, 1.54) is 0 Å². The molecule has 1 rings (SSSR count). The predicted molar refractivity (Wildman–Crippen MR) is 66.1 cm³/mol. The van der Waals surface area contributed by atoms with Crippen LogP contribution in [0.25, 0.3) is 0 Å². The third-order valence-corrected chi connectivity index (χ3v) is 3.88. The van der Waals surface area contributed by atoms with Crippen LogP contribution in [0.2, 0.25) is 0 Å². The number of rotatable bonds is 5. The van der Waals surface area contributed by atoms with Crippen molar-refractivity contribution < 1.29 is 4.21 Å². The van der Waals surface area contributed by atoms with E-state index in [0.717, 1.165) is 11.3 Å². The van der Waals surface area contributed by atoms with E-state index in [1.54, 1.807) is 0 Å². The third kappa shape index (κ3) is 4.58. The molecule has 1 aromatic rings.